The number of nitrogens with one attached hydrogen (secondary N) is 1. The van der Waals surface area contributed by atoms with Gasteiger partial charge < -0.3 is 16.8 Å². The first kappa shape index (κ1) is 15.2. The number of benzene rings is 1. The van der Waals surface area contributed by atoms with Gasteiger partial charge in [0.05, 0.1) is 0 Å². The van der Waals surface area contributed by atoms with Gasteiger partial charge in [-0.25, -0.2) is 0 Å². The molecule has 0 spiro atoms. The largest absolute Gasteiger partial charge is 0.366 e. The topological polar surface area (TPSA) is 98.2 Å². The average molecular weight is 263 g/mol. The lowest BCUT2D eigenvalue weighted by Crippen LogP contribution is -2.49. The first-order chi connectivity index (χ1) is 8.91. The molecule has 1 aromatic rings. The molecule has 0 bridgehead atoms. The van der Waals surface area contributed by atoms with E-state index in [1.807, 2.05) is 13.8 Å². The summed E-state index contributed by atoms with van der Waals surface area (Å²) in [7, 11) is 0. The van der Waals surface area contributed by atoms with Crippen LogP contribution in [0.5, 0.6) is 0 Å². The molecule has 0 fully saturated rings. The van der Waals surface area contributed by atoms with Crippen LogP contribution in [0.15, 0.2) is 24.3 Å². The molecule has 0 saturated heterocycles. The van der Waals surface area contributed by atoms with Crippen molar-refractivity contribution < 1.29 is 9.59 Å². The van der Waals surface area contributed by atoms with Gasteiger partial charge in [0, 0.05) is 23.2 Å². The fraction of sp³-hybridized carbons (Fsp3) is 0.429. The second-order valence-corrected chi connectivity index (χ2v) is 4.70. The lowest BCUT2D eigenvalue weighted by atomic mass is 9.94. The van der Waals surface area contributed by atoms with Gasteiger partial charge in [0.25, 0.3) is 5.91 Å². The molecular formula is C14H21N3O2. The molecule has 0 unspecified atom stereocenters. The van der Waals surface area contributed by atoms with Crippen molar-refractivity contribution in [3.63, 3.8) is 0 Å². The van der Waals surface area contributed by atoms with Gasteiger partial charge in [0.1, 0.15) is 0 Å². The summed E-state index contributed by atoms with van der Waals surface area (Å²) in [6.07, 6.45) is 1.57. The molecule has 1 rings (SSSR count). The Morgan fingerprint density at radius 2 is 1.79 bits per heavy atom. The second-order valence-electron chi connectivity index (χ2n) is 4.70. The highest BCUT2D eigenvalue weighted by Crippen LogP contribution is 2.10. The Morgan fingerprint density at radius 1 is 1.21 bits per heavy atom. The van der Waals surface area contributed by atoms with Crippen LogP contribution in [0.3, 0.4) is 0 Å². The van der Waals surface area contributed by atoms with Gasteiger partial charge in [-0.15, -0.1) is 0 Å². The van der Waals surface area contributed by atoms with Gasteiger partial charge >= 0.3 is 0 Å². The average Bonchev–Trinajstić information content (AvgIpc) is 2.44. The molecular weight excluding hydrogens is 242 g/mol. The van der Waals surface area contributed by atoms with E-state index in [9.17, 15) is 9.59 Å². The van der Waals surface area contributed by atoms with Gasteiger partial charge in [0.2, 0.25) is 5.91 Å². The van der Waals surface area contributed by atoms with Crippen LogP contribution in [-0.2, 0) is 0 Å². The molecule has 1 aromatic carbocycles. The predicted molar refractivity (Wildman–Crippen MR) is 74.8 cm³/mol. The Hall–Kier alpha value is -1.88. The zero-order valence-electron chi connectivity index (χ0n) is 11.4. The molecule has 104 valence electrons. The molecule has 5 heteroatoms. The Kier molecular flexibility index (Phi) is 5.06. The van der Waals surface area contributed by atoms with E-state index in [1.165, 1.54) is 6.07 Å². The molecule has 5 N–H and O–H groups in total. The molecule has 2 amide bonds. The highest BCUT2D eigenvalue weighted by Gasteiger charge is 2.21. The standard InChI is InChI=1S/C14H21N3O2/c1-3-14(16,4-2)9-17-13(19)11-7-5-6-10(8-11)12(15)18/h5-8H,3-4,9,16H2,1-2H3,(H2,15,18)(H,17,19). The van der Waals surface area contributed by atoms with E-state index >= 15 is 0 Å². The minimum absolute atomic E-state index is 0.250. The van der Waals surface area contributed by atoms with E-state index < -0.39 is 11.4 Å². The SMILES string of the molecule is CCC(N)(CC)CNC(=O)c1cccc(C(N)=O)c1. The summed E-state index contributed by atoms with van der Waals surface area (Å²) in [6, 6.07) is 6.32. The molecule has 0 saturated carbocycles. The van der Waals surface area contributed by atoms with E-state index in [1.54, 1.807) is 18.2 Å². The fourth-order valence-corrected chi connectivity index (χ4v) is 1.67. The Bertz CT molecular complexity index is 468. The lowest BCUT2D eigenvalue weighted by Gasteiger charge is -2.26. The Balaban J connectivity index is 2.74. The molecule has 0 atom stereocenters. The van der Waals surface area contributed by atoms with Gasteiger partial charge in [-0.1, -0.05) is 19.9 Å². The Morgan fingerprint density at radius 3 is 2.32 bits per heavy atom. The highest BCUT2D eigenvalue weighted by atomic mass is 16.2. The van der Waals surface area contributed by atoms with Crippen molar-refractivity contribution in [1.82, 2.24) is 5.32 Å². The maximum atomic E-state index is 12.0. The number of hydrogen-bond acceptors (Lipinski definition) is 3. The minimum atomic E-state index is -0.551. The minimum Gasteiger partial charge on any atom is -0.366 e. The first-order valence-electron chi connectivity index (χ1n) is 6.39. The molecule has 0 aromatic heterocycles. The second kappa shape index (κ2) is 6.33. The van der Waals surface area contributed by atoms with E-state index in [2.05, 4.69) is 5.32 Å². The predicted octanol–water partition coefficient (Wildman–Crippen LogP) is 1.03. The van der Waals surface area contributed by atoms with Crippen LogP contribution in [0, 0.1) is 0 Å². The number of primary amides is 1. The number of rotatable bonds is 6. The monoisotopic (exact) mass is 263 g/mol. The van der Waals surface area contributed by atoms with E-state index in [0.29, 0.717) is 17.7 Å². The molecule has 0 radical (unpaired) electrons. The normalized spacial score (nSPS) is 11.1. The van der Waals surface area contributed by atoms with Crippen molar-refractivity contribution in [2.75, 3.05) is 6.54 Å². The third kappa shape index (κ3) is 4.06. The zero-order valence-corrected chi connectivity index (χ0v) is 11.4. The number of hydrogen-bond donors (Lipinski definition) is 3. The molecule has 0 heterocycles. The van der Waals surface area contributed by atoms with Crippen LogP contribution in [-0.4, -0.2) is 23.9 Å². The van der Waals surface area contributed by atoms with Crippen molar-refractivity contribution in [2.45, 2.75) is 32.2 Å². The van der Waals surface area contributed by atoms with Crippen molar-refractivity contribution in [1.29, 1.82) is 0 Å². The fourth-order valence-electron chi connectivity index (χ4n) is 1.67. The summed E-state index contributed by atoms with van der Waals surface area (Å²) in [5.74, 6) is -0.801. The zero-order chi connectivity index (χ0) is 14.5. The Labute approximate surface area is 113 Å². The van der Waals surface area contributed by atoms with Gasteiger partial charge in [-0.3, -0.25) is 9.59 Å². The van der Waals surface area contributed by atoms with Gasteiger partial charge in [0.15, 0.2) is 0 Å². The van der Waals surface area contributed by atoms with Crippen LogP contribution in [0.2, 0.25) is 0 Å². The van der Waals surface area contributed by atoms with Crippen LogP contribution in [0.1, 0.15) is 47.4 Å². The molecule has 0 aliphatic carbocycles. The van der Waals surface area contributed by atoms with Gasteiger partial charge in [-0.05, 0) is 31.0 Å². The molecule has 19 heavy (non-hydrogen) atoms. The molecule has 0 aliphatic rings. The van der Waals surface area contributed by atoms with Crippen molar-refractivity contribution in [2.24, 2.45) is 11.5 Å². The summed E-state index contributed by atoms with van der Waals surface area (Å²) >= 11 is 0. The maximum Gasteiger partial charge on any atom is 0.251 e. The third-order valence-electron chi connectivity index (χ3n) is 3.42. The summed E-state index contributed by atoms with van der Waals surface area (Å²) in [5.41, 5.74) is 11.6. The lowest BCUT2D eigenvalue weighted by molar-refractivity contribution is 0.0942. The quantitative estimate of drug-likeness (QED) is 0.715. The number of carbonyl (C=O) groups excluding carboxylic acids is 2. The summed E-state index contributed by atoms with van der Waals surface area (Å²) < 4.78 is 0. The van der Waals surface area contributed by atoms with Crippen LogP contribution < -0.4 is 16.8 Å². The maximum absolute atomic E-state index is 12.0. The number of amides is 2. The van der Waals surface area contributed by atoms with Crippen LogP contribution in [0.4, 0.5) is 0 Å². The summed E-state index contributed by atoms with van der Waals surface area (Å²) in [5, 5.41) is 2.79. The van der Waals surface area contributed by atoms with Crippen molar-refractivity contribution in [3.05, 3.63) is 35.4 Å². The van der Waals surface area contributed by atoms with E-state index in [0.717, 1.165) is 12.8 Å². The van der Waals surface area contributed by atoms with Crippen molar-refractivity contribution in [3.8, 4) is 0 Å². The summed E-state index contributed by atoms with van der Waals surface area (Å²) in [4.78, 5) is 23.0. The summed E-state index contributed by atoms with van der Waals surface area (Å²) in [6.45, 7) is 4.38. The van der Waals surface area contributed by atoms with E-state index in [-0.39, 0.29) is 5.91 Å². The van der Waals surface area contributed by atoms with Crippen LogP contribution in [0.25, 0.3) is 0 Å². The van der Waals surface area contributed by atoms with Crippen molar-refractivity contribution >= 4 is 11.8 Å². The highest BCUT2D eigenvalue weighted by molar-refractivity contribution is 5.99. The molecule has 0 aliphatic heterocycles. The van der Waals surface area contributed by atoms with E-state index in [4.69, 9.17) is 11.5 Å². The van der Waals surface area contributed by atoms with Crippen LogP contribution >= 0.6 is 0 Å². The third-order valence-corrected chi connectivity index (χ3v) is 3.42. The number of carbonyl (C=O) groups is 2. The smallest absolute Gasteiger partial charge is 0.251 e. The molecule has 5 nitrogen and oxygen atoms in total. The number of nitrogens with two attached hydrogens (primary N) is 2. The first-order valence-corrected chi connectivity index (χ1v) is 6.39. The van der Waals surface area contributed by atoms with Gasteiger partial charge in [-0.2, -0.15) is 0 Å².